The largest absolute Gasteiger partial charge is 0.340 e. The minimum Gasteiger partial charge on any atom is -0.340 e. The fourth-order valence-electron chi connectivity index (χ4n) is 4.45. The summed E-state index contributed by atoms with van der Waals surface area (Å²) in [6, 6.07) is 0.496. The van der Waals surface area contributed by atoms with Gasteiger partial charge in [-0.2, -0.15) is 0 Å². The Morgan fingerprint density at radius 1 is 1.15 bits per heavy atom. The van der Waals surface area contributed by atoms with Crippen molar-refractivity contribution in [2.75, 3.05) is 32.7 Å². The normalized spacial score (nSPS) is 35.5. The van der Waals surface area contributed by atoms with E-state index in [1.807, 2.05) is 0 Å². The lowest BCUT2D eigenvalue weighted by Crippen LogP contribution is -2.53. The summed E-state index contributed by atoms with van der Waals surface area (Å²) < 4.78 is 0. The van der Waals surface area contributed by atoms with E-state index >= 15 is 0 Å². The Bertz CT molecular complexity index is 336. The summed E-state index contributed by atoms with van der Waals surface area (Å²) in [5.74, 6) is 2.33. The highest BCUT2D eigenvalue weighted by molar-refractivity contribution is 5.82. The van der Waals surface area contributed by atoms with Crippen LogP contribution in [0.3, 0.4) is 0 Å². The van der Waals surface area contributed by atoms with Crippen LogP contribution in [0.15, 0.2) is 0 Å². The van der Waals surface area contributed by atoms with Crippen molar-refractivity contribution in [1.82, 2.24) is 9.80 Å². The topological polar surface area (TPSA) is 49.6 Å². The van der Waals surface area contributed by atoms with Crippen LogP contribution in [0.5, 0.6) is 0 Å². The molecule has 3 aliphatic rings. The van der Waals surface area contributed by atoms with Gasteiger partial charge in [0.05, 0.1) is 0 Å². The van der Waals surface area contributed by atoms with Crippen molar-refractivity contribution in [3.05, 3.63) is 0 Å². The fourth-order valence-corrected chi connectivity index (χ4v) is 4.45. The van der Waals surface area contributed by atoms with E-state index in [-0.39, 0.29) is 0 Å². The molecule has 3 rings (SSSR count). The van der Waals surface area contributed by atoms with Crippen LogP contribution in [0, 0.1) is 17.8 Å². The maximum Gasteiger partial charge on any atom is 0.226 e. The summed E-state index contributed by atoms with van der Waals surface area (Å²) >= 11 is 0. The van der Waals surface area contributed by atoms with Crippen LogP contribution in [0.25, 0.3) is 0 Å². The number of amides is 1. The third kappa shape index (κ3) is 2.60. The molecule has 0 aromatic heterocycles. The highest BCUT2D eigenvalue weighted by Gasteiger charge is 2.55. The summed E-state index contributed by atoms with van der Waals surface area (Å²) in [7, 11) is 0. The predicted molar refractivity (Wildman–Crippen MR) is 80.2 cm³/mol. The van der Waals surface area contributed by atoms with Crippen molar-refractivity contribution in [3.8, 4) is 0 Å². The molecule has 0 spiro atoms. The van der Waals surface area contributed by atoms with Gasteiger partial charge in [0.2, 0.25) is 5.91 Å². The summed E-state index contributed by atoms with van der Waals surface area (Å²) in [6.45, 7) is 6.75. The average molecular weight is 279 g/mol. The molecule has 1 saturated heterocycles. The van der Waals surface area contributed by atoms with Gasteiger partial charge in [0.15, 0.2) is 0 Å². The Morgan fingerprint density at radius 3 is 2.25 bits per heavy atom. The van der Waals surface area contributed by atoms with Crippen molar-refractivity contribution in [2.24, 2.45) is 23.5 Å². The molecule has 1 aliphatic heterocycles. The second-order valence-corrected chi connectivity index (χ2v) is 6.80. The van der Waals surface area contributed by atoms with Crippen LogP contribution in [-0.2, 0) is 4.79 Å². The molecule has 20 heavy (non-hydrogen) atoms. The predicted octanol–water partition coefficient (Wildman–Crippen LogP) is 1.30. The molecule has 114 valence electrons. The van der Waals surface area contributed by atoms with Crippen LogP contribution in [0.1, 0.15) is 39.0 Å². The number of carbonyl (C=O) groups excluding carboxylic acids is 1. The standard InChI is InChI=1S/C16H29N3O/c1-2-12(11-17)18-7-9-19(10-8-18)16(20)15-13-5-3-4-6-14(13)15/h12-15H,2-11,17H2,1H3. The summed E-state index contributed by atoms with van der Waals surface area (Å²) in [5, 5.41) is 0. The number of hydrogen-bond donors (Lipinski definition) is 1. The first kappa shape index (κ1) is 14.3. The zero-order valence-electron chi connectivity index (χ0n) is 12.8. The van der Waals surface area contributed by atoms with Crippen LogP contribution < -0.4 is 5.73 Å². The van der Waals surface area contributed by atoms with Gasteiger partial charge in [-0.15, -0.1) is 0 Å². The number of fused-ring (bicyclic) bond motifs is 1. The van der Waals surface area contributed by atoms with Crippen LogP contribution >= 0.6 is 0 Å². The van der Waals surface area contributed by atoms with Crippen LogP contribution in [0.4, 0.5) is 0 Å². The van der Waals surface area contributed by atoms with Gasteiger partial charge in [0, 0.05) is 44.7 Å². The molecule has 4 heteroatoms. The smallest absolute Gasteiger partial charge is 0.226 e. The Morgan fingerprint density at radius 2 is 1.75 bits per heavy atom. The van der Waals surface area contributed by atoms with E-state index < -0.39 is 0 Å². The Labute approximate surface area is 122 Å². The number of piperazine rings is 1. The van der Waals surface area contributed by atoms with Gasteiger partial charge < -0.3 is 10.6 Å². The highest BCUT2D eigenvalue weighted by atomic mass is 16.2. The number of rotatable bonds is 4. The van der Waals surface area contributed by atoms with E-state index in [1.165, 1.54) is 25.7 Å². The highest BCUT2D eigenvalue weighted by Crippen LogP contribution is 2.56. The van der Waals surface area contributed by atoms with Gasteiger partial charge in [-0.25, -0.2) is 0 Å². The maximum absolute atomic E-state index is 12.6. The third-order valence-corrected chi connectivity index (χ3v) is 5.83. The molecule has 2 saturated carbocycles. The van der Waals surface area contributed by atoms with E-state index in [0.29, 0.717) is 17.9 Å². The summed E-state index contributed by atoms with van der Waals surface area (Å²) in [6.07, 6.45) is 6.39. The molecule has 2 aliphatic carbocycles. The molecule has 3 atom stereocenters. The molecule has 1 amide bonds. The zero-order valence-corrected chi connectivity index (χ0v) is 12.8. The minimum atomic E-state index is 0.389. The molecular weight excluding hydrogens is 250 g/mol. The molecule has 0 aromatic carbocycles. The first-order valence-corrected chi connectivity index (χ1v) is 8.49. The van der Waals surface area contributed by atoms with Gasteiger partial charge in [0.1, 0.15) is 0 Å². The van der Waals surface area contributed by atoms with Gasteiger partial charge in [-0.3, -0.25) is 9.69 Å². The first-order chi connectivity index (χ1) is 9.76. The quantitative estimate of drug-likeness (QED) is 0.844. The van der Waals surface area contributed by atoms with Gasteiger partial charge in [0.25, 0.3) is 0 Å². The summed E-state index contributed by atoms with van der Waals surface area (Å²) in [4.78, 5) is 17.2. The molecular formula is C16H29N3O. The van der Waals surface area contributed by atoms with E-state index in [9.17, 15) is 4.79 Å². The lowest BCUT2D eigenvalue weighted by atomic mass is 10.0. The van der Waals surface area contributed by atoms with Crippen LogP contribution in [-0.4, -0.2) is 54.5 Å². The number of nitrogens with zero attached hydrogens (tertiary/aromatic N) is 2. The molecule has 0 bridgehead atoms. The van der Waals surface area contributed by atoms with Crippen molar-refractivity contribution in [3.63, 3.8) is 0 Å². The van der Waals surface area contributed by atoms with Crippen molar-refractivity contribution in [1.29, 1.82) is 0 Å². The van der Waals surface area contributed by atoms with Crippen molar-refractivity contribution < 1.29 is 4.79 Å². The molecule has 1 heterocycles. The molecule has 3 fully saturated rings. The average Bonchev–Trinajstić information content (AvgIpc) is 3.23. The first-order valence-electron chi connectivity index (χ1n) is 8.49. The number of nitrogens with two attached hydrogens (primary N) is 1. The lowest BCUT2D eigenvalue weighted by Gasteiger charge is -2.38. The third-order valence-electron chi connectivity index (χ3n) is 5.83. The molecule has 0 radical (unpaired) electrons. The second-order valence-electron chi connectivity index (χ2n) is 6.80. The Hall–Kier alpha value is -0.610. The van der Waals surface area contributed by atoms with Crippen molar-refractivity contribution >= 4 is 5.91 Å². The number of hydrogen-bond acceptors (Lipinski definition) is 3. The van der Waals surface area contributed by atoms with E-state index in [0.717, 1.165) is 51.0 Å². The molecule has 3 unspecified atom stereocenters. The van der Waals surface area contributed by atoms with E-state index in [1.54, 1.807) is 0 Å². The van der Waals surface area contributed by atoms with Gasteiger partial charge in [-0.05, 0) is 31.1 Å². The Kier molecular flexibility index (Phi) is 4.32. The monoisotopic (exact) mass is 279 g/mol. The fraction of sp³-hybridized carbons (Fsp3) is 0.938. The van der Waals surface area contributed by atoms with Gasteiger partial charge >= 0.3 is 0 Å². The molecule has 2 N–H and O–H groups in total. The van der Waals surface area contributed by atoms with E-state index in [4.69, 9.17) is 5.73 Å². The number of carbonyl (C=O) groups is 1. The SMILES string of the molecule is CCC(CN)N1CCN(C(=O)C2C3CCCCC32)CC1. The lowest BCUT2D eigenvalue weighted by molar-refractivity contribution is -0.135. The van der Waals surface area contributed by atoms with Crippen molar-refractivity contribution in [2.45, 2.75) is 45.1 Å². The second kappa shape index (κ2) is 6.02. The van der Waals surface area contributed by atoms with Gasteiger partial charge in [-0.1, -0.05) is 19.8 Å². The molecule has 4 nitrogen and oxygen atoms in total. The zero-order chi connectivity index (χ0) is 14.1. The van der Waals surface area contributed by atoms with Crippen LogP contribution in [0.2, 0.25) is 0 Å². The maximum atomic E-state index is 12.6. The summed E-state index contributed by atoms with van der Waals surface area (Å²) in [5.41, 5.74) is 5.82. The van der Waals surface area contributed by atoms with E-state index in [2.05, 4.69) is 16.7 Å². The molecule has 0 aromatic rings. The Balaban J connectivity index is 1.50. The minimum absolute atomic E-state index is 0.389.